The van der Waals surface area contributed by atoms with Crippen LogP contribution in [-0.2, 0) is 16.0 Å². The van der Waals surface area contributed by atoms with Gasteiger partial charge in [-0.05, 0) is 48.8 Å². The largest absolute Gasteiger partial charge is 0.355 e. The standard InChI is InChI=1S/C23H28N2O2/c1-17(2)19-12-6-7-13-20(19)25-22(27)23(14-15-23)21(26)24-16-8-11-18-9-4-3-5-10-18/h3-7,9-10,12-13,17H,8,11,14-16H2,1-2H3,(H,24,26)(H,25,27). The minimum atomic E-state index is -0.892. The number of para-hydroxylation sites is 1. The molecule has 4 heteroatoms. The van der Waals surface area contributed by atoms with E-state index in [1.165, 1.54) is 5.56 Å². The van der Waals surface area contributed by atoms with Crippen molar-refractivity contribution in [3.05, 3.63) is 65.7 Å². The van der Waals surface area contributed by atoms with Crippen molar-refractivity contribution in [1.82, 2.24) is 5.32 Å². The van der Waals surface area contributed by atoms with E-state index in [0.717, 1.165) is 24.1 Å². The molecule has 0 spiro atoms. The summed E-state index contributed by atoms with van der Waals surface area (Å²) in [5, 5.41) is 5.95. The summed E-state index contributed by atoms with van der Waals surface area (Å²) in [4.78, 5) is 25.4. The maximum Gasteiger partial charge on any atom is 0.240 e. The Bertz CT molecular complexity index is 795. The first-order valence-electron chi connectivity index (χ1n) is 9.75. The second-order valence-corrected chi connectivity index (χ2v) is 7.62. The normalized spacial score (nSPS) is 14.6. The highest BCUT2D eigenvalue weighted by molar-refractivity contribution is 6.13. The predicted octanol–water partition coefficient (Wildman–Crippen LogP) is 4.28. The van der Waals surface area contributed by atoms with E-state index in [0.29, 0.717) is 25.3 Å². The van der Waals surface area contributed by atoms with Crippen molar-refractivity contribution in [3.8, 4) is 0 Å². The summed E-state index contributed by atoms with van der Waals surface area (Å²) in [6.07, 6.45) is 3.02. The van der Waals surface area contributed by atoms with Gasteiger partial charge in [-0.2, -0.15) is 0 Å². The highest BCUT2D eigenvalue weighted by Crippen LogP contribution is 2.47. The maximum atomic E-state index is 12.8. The fourth-order valence-corrected chi connectivity index (χ4v) is 3.35. The number of rotatable bonds is 8. The van der Waals surface area contributed by atoms with E-state index in [1.807, 2.05) is 42.5 Å². The van der Waals surface area contributed by atoms with E-state index >= 15 is 0 Å². The third kappa shape index (κ3) is 4.57. The zero-order valence-electron chi connectivity index (χ0n) is 16.1. The molecule has 2 aromatic rings. The first-order valence-corrected chi connectivity index (χ1v) is 9.75. The molecular formula is C23H28N2O2. The van der Waals surface area contributed by atoms with Crippen LogP contribution in [0.25, 0.3) is 0 Å². The second kappa shape index (κ2) is 8.38. The summed E-state index contributed by atoms with van der Waals surface area (Å²) in [5.41, 5.74) is 2.26. The summed E-state index contributed by atoms with van der Waals surface area (Å²) in [6.45, 7) is 4.78. The molecule has 0 saturated heterocycles. The van der Waals surface area contributed by atoms with Crippen LogP contribution in [0.15, 0.2) is 54.6 Å². The Kier molecular flexibility index (Phi) is 5.94. The molecule has 4 nitrogen and oxygen atoms in total. The van der Waals surface area contributed by atoms with E-state index in [9.17, 15) is 9.59 Å². The number of amides is 2. The van der Waals surface area contributed by atoms with E-state index in [2.05, 4.69) is 36.6 Å². The van der Waals surface area contributed by atoms with Gasteiger partial charge in [0, 0.05) is 12.2 Å². The molecular weight excluding hydrogens is 336 g/mol. The average Bonchev–Trinajstić information content (AvgIpc) is 3.48. The molecule has 0 aromatic heterocycles. The summed E-state index contributed by atoms with van der Waals surface area (Å²) >= 11 is 0. The lowest BCUT2D eigenvalue weighted by atomic mass is 9.99. The number of carbonyl (C=O) groups excluding carboxylic acids is 2. The van der Waals surface area contributed by atoms with Crippen LogP contribution in [0.2, 0.25) is 0 Å². The molecule has 0 radical (unpaired) electrons. The van der Waals surface area contributed by atoms with Gasteiger partial charge >= 0.3 is 0 Å². The van der Waals surface area contributed by atoms with Crippen molar-refractivity contribution in [2.45, 2.75) is 45.4 Å². The number of hydrogen-bond acceptors (Lipinski definition) is 2. The fraction of sp³-hybridized carbons (Fsp3) is 0.391. The van der Waals surface area contributed by atoms with E-state index < -0.39 is 5.41 Å². The van der Waals surface area contributed by atoms with E-state index in [1.54, 1.807) is 0 Å². The number of carbonyl (C=O) groups is 2. The summed E-state index contributed by atoms with van der Waals surface area (Å²) in [7, 11) is 0. The lowest BCUT2D eigenvalue weighted by Gasteiger charge is -2.18. The zero-order valence-corrected chi connectivity index (χ0v) is 16.1. The van der Waals surface area contributed by atoms with Crippen LogP contribution in [0.5, 0.6) is 0 Å². The molecule has 2 N–H and O–H groups in total. The highest BCUT2D eigenvalue weighted by Gasteiger charge is 2.56. The first kappa shape index (κ1) is 19.2. The minimum absolute atomic E-state index is 0.143. The Morgan fingerprint density at radius 1 is 0.963 bits per heavy atom. The van der Waals surface area contributed by atoms with Gasteiger partial charge in [-0.3, -0.25) is 9.59 Å². The topological polar surface area (TPSA) is 58.2 Å². The molecule has 142 valence electrons. The molecule has 1 aliphatic rings. The van der Waals surface area contributed by atoms with E-state index in [4.69, 9.17) is 0 Å². The Hall–Kier alpha value is -2.62. The fourth-order valence-electron chi connectivity index (χ4n) is 3.35. The molecule has 0 bridgehead atoms. The van der Waals surface area contributed by atoms with Crippen LogP contribution in [-0.4, -0.2) is 18.4 Å². The number of nitrogens with one attached hydrogen (secondary N) is 2. The van der Waals surface area contributed by atoms with Crippen LogP contribution in [0.3, 0.4) is 0 Å². The molecule has 2 amide bonds. The van der Waals surface area contributed by atoms with Crippen molar-refractivity contribution in [2.24, 2.45) is 5.41 Å². The Morgan fingerprint density at radius 2 is 1.63 bits per heavy atom. The van der Waals surface area contributed by atoms with Crippen LogP contribution < -0.4 is 10.6 Å². The SMILES string of the molecule is CC(C)c1ccccc1NC(=O)C1(C(=O)NCCCc2ccccc2)CC1. The van der Waals surface area contributed by atoms with Crippen LogP contribution in [0.1, 0.15) is 50.2 Å². The summed E-state index contributed by atoms with van der Waals surface area (Å²) < 4.78 is 0. The quantitative estimate of drug-likeness (QED) is 0.543. The van der Waals surface area contributed by atoms with Gasteiger partial charge in [0.15, 0.2) is 0 Å². The van der Waals surface area contributed by atoms with Crippen molar-refractivity contribution in [1.29, 1.82) is 0 Å². The number of hydrogen-bond donors (Lipinski definition) is 2. The summed E-state index contributed by atoms with van der Waals surface area (Å²) in [5.74, 6) is -0.0188. The minimum Gasteiger partial charge on any atom is -0.355 e. The number of anilines is 1. The molecule has 27 heavy (non-hydrogen) atoms. The predicted molar refractivity (Wildman–Crippen MR) is 109 cm³/mol. The molecule has 3 rings (SSSR count). The molecule has 1 aliphatic carbocycles. The first-order chi connectivity index (χ1) is 13.0. The highest BCUT2D eigenvalue weighted by atomic mass is 16.2. The molecule has 0 atom stereocenters. The molecule has 0 heterocycles. The zero-order chi connectivity index (χ0) is 19.3. The lowest BCUT2D eigenvalue weighted by molar-refractivity contribution is -0.134. The van der Waals surface area contributed by atoms with Gasteiger partial charge in [0.05, 0.1) is 0 Å². The third-order valence-electron chi connectivity index (χ3n) is 5.22. The summed E-state index contributed by atoms with van der Waals surface area (Å²) in [6, 6.07) is 18.0. The van der Waals surface area contributed by atoms with Gasteiger partial charge in [0.1, 0.15) is 5.41 Å². The van der Waals surface area contributed by atoms with Gasteiger partial charge in [0.25, 0.3) is 0 Å². The van der Waals surface area contributed by atoms with Gasteiger partial charge in [0.2, 0.25) is 11.8 Å². The molecule has 0 aliphatic heterocycles. The molecule has 1 saturated carbocycles. The van der Waals surface area contributed by atoms with E-state index in [-0.39, 0.29) is 11.8 Å². The Labute approximate surface area is 161 Å². The maximum absolute atomic E-state index is 12.8. The van der Waals surface area contributed by atoms with Crippen molar-refractivity contribution >= 4 is 17.5 Å². The smallest absolute Gasteiger partial charge is 0.240 e. The average molecular weight is 364 g/mol. The van der Waals surface area contributed by atoms with Gasteiger partial charge in [-0.1, -0.05) is 62.4 Å². The monoisotopic (exact) mass is 364 g/mol. The Balaban J connectivity index is 1.53. The van der Waals surface area contributed by atoms with Crippen molar-refractivity contribution in [3.63, 3.8) is 0 Å². The molecule has 0 unspecified atom stereocenters. The Morgan fingerprint density at radius 3 is 2.30 bits per heavy atom. The van der Waals surface area contributed by atoms with Crippen molar-refractivity contribution < 1.29 is 9.59 Å². The van der Waals surface area contributed by atoms with Gasteiger partial charge in [-0.15, -0.1) is 0 Å². The number of aryl methyl sites for hydroxylation is 1. The number of benzene rings is 2. The van der Waals surface area contributed by atoms with Crippen molar-refractivity contribution in [2.75, 3.05) is 11.9 Å². The third-order valence-corrected chi connectivity index (χ3v) is 5.22. The second-order valence-electron chi connectivity index (χ2n) is 7.62. The van der Waals surface area contributed by atoms with Crippen LogP contribution >= 0.6 is 0 Å². The van der Waals surface area contributed by atoms with Crippen LogP contribution in [0.4, 0.5) is 5.69 Å². The van der Waals surface area contributed by atoms with Gasteiger partial charge in [-0.25, -0.2) is 0 Å². The lowest BCUT2D eigenvalue weighted by Crippen LogP contribution is -2.40. The van der Waals surface area contributed by atoms with Gasteiger partial charge < -0.3 is 10.6 Å². The van der Waals surface area contributed by atoms with Crippen LogP contribution in [0, 0.1) is 5.41 Å². The molecule has 1 fully saturated rings. The molecule has 2 aromatic carbocycles.